The normalized spacial score (nSPS) is 15.3. The lowest BCUT2D eigenvalue weighted by atomic mass is 9.92. The Morgan fingerprint density at radius 2 is 1.69 bits per heavy atom. The van der Waals surface area contributed by atoms with Crippen molar-refractivity contribution < 1.29 is 23.7 Å². The molecule has 0 aliphatic carbocycles. The van der Waals surface area contributed by atoms with Gasteiger partial charge < -0.3 is 29.4 Å². The molecule has 26 heavy (non-hydrogen) atoms. The Morgan fingerprint density at radius 3 is 2.27 bits per heavy atom. The summed E-state index contributed by atoms with van der Waals surface area (Å²) in [5.74, 6) is 2.25. The monoisotopic (exact) mass is 357 g/mol. The molecule has 1 atom stereocenters. The molecule has 6 heteroatoms. The van der Waals surface area contributed by atoms with Crippen molar-refractivity contribution in [3.8, 4) is 34.1 Å². The molecule has 2 N–H and O–H groups in total. The molecule has 0 amide bonds. The van der Waals surface area contributed by atoms with Crippen LogP contribution in [0.4, 0.5) is 5.69 Å². The molecule has 3 rings (SSSR count). The lowest BCUT2D eigenvalue weighted by Crippen LogP contribution is -2.02. The minimum atomic E-state index is -0.313. The van der Waals surface area contributed by atoms with Crippen molar-refractivity contribution in [1.82, 2.24) is 0 Å². The van der Waals surface area contributed by atoms with Crippen LogP contribution >= 0.6 is 0 Å². The van der Waals surface area contributed by atoms with E-state index >= 15 is 0 Å². The summed E-state index contributed by atoms with van der Waals surface area (Å²) >= 11 is 0. The average molecular weight is 357 g/mol. The van der Waals surface area contributed by atoms with Gasteiger partial charge >= 0.3 is 0 Å². The molecule has 0 fully saturated rings. The first kappa shape index (κ1) is 17.9. The van der Waals surface area contributed by atoms with E-state index in [2.05, 4.69) is 6.58 Å². The van der Waals surface area contributed by atoms with Gasteiger partial charge in [-0.05, 0) is 34.9 Å². The number of hydrogen-bond acceptors (Lipinski definition) is 6. The van der Waals surface area contributed by atoms with Crippen LogP contribution in [0.25, 0.3) is 11.1 Å². The Morgan fingerprint density at radius 1 is 1.00 bits per heavy atom. The Kier molecular flexibility index (Phi) is 4.95. The molecule has 0 radical (unpaired) electrons. The third-order valence-electron chi connectivity index (χ3n) is 4.52. The van der Waals surface area contributed by atoms with E-state index in [1.165, 1.54) is 0 Å². The van der Waals surface area contributed by atoms with Crippen LogP contribution in [0, 0.1) is 0 Å². The van der Waals surface area contributed by atoms with E-state index in [1.54, 1.807) is 34.5 Å². The van der Waals surface area contributed by atoms with E-state index in [-0.39, 0.29) is 6.10 Å². The highest BCUT2D eigenvalue weighted by molar-refractivity contribution is 5.84. The van der Waals surface area contributed by atoms with Gasteiger partial charge in [0.1, 0.15) is 11.9 Å². The third kappa shape index (κ3) is 2.72. The Hall–Kier alpha value is -2.86. The molecule has 1 aliphatic heterocycles. The van der Waals surface area contributed by atoms with Crippen molar-refractivity contribution in [3.05, 3.63) is 42.0 Å². The molecule has 0 spiro atoms. The number of fused-ring (bicyclic) bond motifs is 3. The van der Waals surface area contributed by atoms with Gasteiger partial charge in [0.15, 0.2) is 11.5 Å². The highest BCUT2D eigenvalue weighted by Gasteiger charge is 2.29. The number of nitrogen functional groups attached to an aromatic ring is 1. The van der Waals surface area contributed by atoms with E-state index in [4.69, 9.17) is 29.4 Å². The van der Waals surface area contributed by atoms with Crippen LogP contribution in [0.15, 0.2) is 30.9 Å². The second-order valence-electron chi connectivity index (χ2n) is 5.83. The molecule has 0 saturated carbocycles. The number of methoxy groups -OCH3 is 4. The van der Waals surface area contributed by atoms with E-state index < -0.39 is 0 Å². The first-order chi connectivity index (χ1) is 12.6. The fourth-order valence-electron chi connectivity index (χ4n) is 3.32. The smallest absolute Gasteiger partial charge is 0.203 e. The molecule has 0 saturated heterocycles. The summed E-state index contributed by atoms with van der Waals surface area (Å²) in [6, 6.07) is 5.64. The summed E-state index contributed by atoms with van der Waals surface area (Å²) in [7, 11) is 6.36. The van der Waals surface area contributed by atoms with Crippen LogP contribution in [0.3, 0.4) is 0 Å². The molecule has 1 aliphatic rings. The van der Waals surface area contributed by atoms with Crippen LogP contribution in [0.2, 0.25) is 0 Å². The SMILES string of the molecule is C=CC1OCc2cc(OC)c(OC)c(OC)c2-c2cc(OC)c(N)cc21. The zero-order valence-corrected chi connectivity index (χ0v) is 15.4. The number of benzene rings is 2. The van der Waals surface area contributed by atoms with Crippen molar-refractivity contribution in [2.75, 3.05) is 34.2 Å². The lowest BCUT2D eigenvalue weighted by Gasteiger charge is -2.20. The summed E-state index contributed by atoms with van der Waals surface area (Å²) < 4.78 is 28.2. The molecule has 138 valence electrons. The van der Waals surface area contributed by atoms with Crippen LogP contribution in [-0.4, -0.2) is 28.4 Å². The second kappa shape index (κ2) is 7.17. The van der Waals surface area contributed by atoms with E-state index in [9.17, 15) is 0 Å². The quantitative estimate of drug-likeness (QED) is 0.649. The van der Waals surface area contributed by atoms with Crippen molar-refractivity contribution in [2.45, 2.75) is 12.7 Å². The Balaban J connectivity index is 2.41. The average Bonchev–Trinajstić information content (AvgIpc) is 2.81. The number of hydrogen-bond donors (Lipinski definition) is 1. The van der Waals surface area contributed by atoms with Gasteiger partial charge in [-0.1, -0.05) is 6.08 Å². The first-order valence-corrected chi connectivity index (χ1v) is 8.13. The summed E-state index contributed by atoms with van der Waals surface area (Å²) in [5, 5.41) is 0. The zero-order chi connectivity index (χ0) is 18.8. The summed E-state index contributed by atoms with van der Waals surface area (Å²) in [6.07, 6.45) is 1.43. The Labute approximate surface area is 153 Å². The van der Waals surface area contributed by atoms with E-state index in [0.717, 1.165) is 22.3 Å². The Bertz CT molecular complexity index is 847. The van der Waals surface area contributed by atoms with Gasteiger partial charge in [0.2, 0.25) is 5.75 Å². The van der Waals surface area contributed by atoms with Gasteiger partial charge in [0.05, 0.1) is 40.7 Å². The lowest BCUT2D eigenvalue weighted by molar-refractivity contribution is 0.0744. The van der Waals surface area contributed by atoms with Crippen LogP contribution < -0.4 is 24.7 Å². The first-order valence-electron chi connectivity index (χ1n) is 8.13. The number of anilines is 1. The van der Waals surface area contributed by atoms with Crippen molar-refractivity contribution in [2.24, 2.45) is 0 Å². The number of nitrogens with two attached hydrogens (primary N) is 1. The van der Waals surface area contributed by atoms with Gasteiger partial charge in [0, 0.05) is 5.56 Å². The van der Waals surface area contributed by atoms with E-state index in [0.29, 0.717) is 35.3 Å². The number of ether oxygens (including phenoxy) is 5. The van der Waals surface area contributed by atoms with Crippen LogP contribution in [0.1, 0.15) is 17.2 Å². The molecular weight excluding hydrogens is 334 g/mol. The fourth-order valence-corrected chi connectivity index (χ4v) is 3.32. The summed E-state index contributed by atoms with van der Waals surface area (Å²) in [6.45, 7) is 4.25. The van der Waals surface area contributed by atoms with Crippen LogP contribution in [-0.2, 0) is 11.3 Å². The maximum Gasteiger partial charge on any atom is 0.203 e. The summed E-state index contributed by atoms with van der Waals surface area (Å²) in [4.78, 5) is 0. The molecule has 2 aromatic rings. The van der Waals surface area contributed by atoms with Gasteiger partial charge in [0.25, 0.3) is 0 Å². The molecule has 0 aromatic heterocycles. The van der Waals surface area contributed by atoms with Gasteiger partial charge in [-0.3, -0.25) is 0 Å². The molecular formula is C20H23NO5. The van der Waals surface area contributed by atoms with Gasteiger partial charge in [-0.15, -0.1) is 6.58 Å². The molecule has 6 nitrogen and oxygen atoms in total. The van der Waals surface area contributed by atoms with Crippen molar-refractivity contribution in [3.63, 3.8) is 0 Å². The van der Waals surface area contributed by atoms with Crippen LogP contribution in [0.5, 0.6) is 23.0 Å². The van der Waals surface area contributed by atoms with Crippen molar-refractivity contribution in [1.29, 1.82) is 0 Å². The third-order valence-corrected chi connectivity index (χ3v) is 4.52. The predicted molar refractivity (Wildman–Crippen MR) is 100 cm³/mol. The second-order valence-corrected chi connectivity index (χ2v) is 5.83. The molecule has 0 bridgehead atoms. The van der Waals surface area contributed by atoms with E-state index in [1.807, 2.05) is 18.2 Å². The molecule has 1 unspecified atom stereocenters. The highest BCUT2D eigenvalue weighted by atomic mass is 16.5. The standard InChI is InChI=1S/C20H23NO5/c1-6-15-12-8-14(21)16(22-2)9-13(12)18-11(10-26-15)7-17(23-3)19(24-4)20(18)25-5/h6-9,15H,1,10,21H2,2-5H3. The fraction of sp³-hybridized carbons (Fsp3) is 0.300. The zero-order valence-electron chi connectivity index (χ0n) is 15.4. The largest absolute Gasteiger partial charge is 0.495 e. The maximum atomic E-state index is 6.12. The van der Waals surface area contributed by atoms with Gasteiger partial charge in [-0.2, -0.15) is 0 Å². The number of rotatable bonds is 5. The minimum Gasteiger partial charge on any atom is -0.495 e. The summed E-state index contributed by atoms with van der Waals surface area (Å²) in [5.41, 5.74) is 10.2. The minimum absolute atomic E-state index is 0.313. The maximum absolute atomic E-state index is 6.12. The molecule has 2 aromatic carbocycles. The van der Waals surface area contributed by atoms with Crippen molar-refractivity contribution >= 4 is 5.69 Å². The highest BCUT2D eigenvalue weighted by Crippen LogP contribution is 2.51. The predicted octanol–water partition coefficient (Wildman–Crippen LogP) is 3.73. The topological polar surface area (TPSA) is 72.2 Å². The molecule has 1 heterocycles. The van der Waals surface area contributed by atoms with Gasteiger partial charge in [-0.25, -0.2) is 0 Å².